The highest BCUT2D eigenvalue weighted by Gasteiger charge is 2.24. The summed E-state index contributed by atoms with van der Waals surface area (Å²) in [5.74, 6) is 0.502. The van der Waals surface area contributed by atoms with Crippen molar-refractivity contribution in [3.8, 4) is 0 Å². The maximum atomic E-state index is 12.8. The van der Waals surface area contributed by atoms with Gasteiger partial charge in [0.1, 0.15) is 5.69 Å². The lowest BCUT2D eigenvalue weighted by Gasteiger charge is -2.35. The van der Waals surface area contributed by atoms with Crippen molar-refractivity contribution in [3.05, 3.63) is 46.8 Å². The van der Waals surface area contributed by atoms with Gasteiger partial charge in [-0.25, -0.2) is 9.97 Å². The molecule has 2 aromatic rings. The van der Waals surface area contributed by atoms with Crippen molar-refractivity contribution in [2.45, 2.75) is 59.4 Å². The van der Waals surface area contributed by atoms with Crippen molar-refractivity contribution in [2.24, 2.45) is 0 Å². The smallest absolute Gasteiger partial charge is 0.274 e. The first-order chi connectivity index (χ1) is 12.5. The SMILES string of the molecule is CCC1CCCCN1c1nc(C)cc(C(=O)Nc2c(C)cccc2C)n1. The zero-order valence-electron chi connectivity index (χ0n) is 16.2. The molecule has 1 aromatic heterocycles. The average molecular weight is 352 g/mol. The summed E-state index contributed by atoms with van der Waals surface area (Å²) >= 11 is 0. The maximum absolute atomic E-state index is 12.8. The molecule has 1 N–H and O–H groups in total. The van der Waals surface area contributed by atoms with Crippen LogP contribution in [0, 0.1) is 20.8 Å². The second-order valence-corrected chi connectivity index (χ2v) is 7.17. The van der Waals surface area contributed by atoms with Gasteiger partial charge < -0.3 is 10.2 Å². The van der Waals surface area contributed by atoms with Gasteiger partial charge in [-0.2, -0.15) is 0 Å². The standard InChI is InChI=1S/C21H28N4O/c1-5-17-11-6-7-12-25(17)21-22-16(4)13-18(23-21)20(26)24-19-14(2)9-8-10-15(19)3/h8-10,13,17H,5-7,11-12H2,1-4H3,(H,24,26). The highest BCUT2D eigenvalue weighted by molar-refractivity contribution is 6.04. The first-order valence-corrected chi connectivity index (χ1v) is 9.49. The Balaban J connectivity index is 1.88. The number of hydrogen-bond acceptors (Lipinski definition) is 4. The summed E-state index contributed by atoms with van der Waals surface area (Å²) in [7, 11) is 0. The number of carbonyl (C=O) groups excluding carboxylic acids is 1. The molecule has 1 amide bonds. The molecule has 1 aliphatic heterocycles. The number of nitrogens with one attached hydrogen (secondary N) is 1. The van der Waals surface area contributed by atoms with Gasteiger partial charge in [-0.3, -0.25) is 4.79 Å². The van der Waals surface area contributed by atoms with E-state index in [0.717, 1.165) is 48.3 Å². The summed E-state index contributed by atoms with van der Waals surface area (Å²) < 4.78 is 0. The topological polar surface area (TPSA) is 58.1 Å². The van der Waals surface area contributed by atoms with Crippen molar-refractivity contribution in [1.82, 2.24) is 9.97 Å². The molecule has 0 bridgehead atoms. The van der Waals surface area contributed by atoms with Gasteiger partial charge in [0, 0.05) is 24.0 Å². The minimum absolute atomic E-state index is 0.181. The van der Waals surface area contributed by atoms with Crippen LogP contribution in [0.1, 0.15) is 59.9 Å². The number of hydrogen-bond donors (Lipinski definition) is 1. The molecule has 0 aliphatic carbocycles. The van der Waals surface area contributed by atoms with Gasteiger partial charge in [-0.15, -0.1) is 0 Å². The first-order valence-electron chi connectivity index (χ1n) is 9.49. The van der Waals surface area contributed by atoms with E-state index < -0.39 is 0 Å². The van der Waals surface area contributed by atoms with Crippen LogP contribution in [0.2, 0.25) is 0 Å². The Morgan fingerprint density at radius 2 is 1.92 bits per heavy atom. The number of para-hydroxylation sites is 1. The zero-order valence-corrected chi connectivity index (χ0v) is 16.2. The summed E-state index contributed by atoms with van der Waals surface area (Å²) in [6.45, 7) is 9.08. The predicted octanol–water partition coefficient (Wildman–Crippen LogP) is 4.42. The molecule has 0 spiro atoms. The van der Waals surface area contributed by atoms with Crippen LogP contribution >= 0.6 is 0 Å². The normalized spacial score (nSPS) is 17.2. The molecule has 138 valence electrons. The summed E-state index contributed by atoms with van der Waals surface area (Å²) in [5, 5.41) is 3.03. The van der Waals surface area contributed by atoms with Crippen LogP contribution in [0.3, 0.4) is 0 Å². The van der Waals surface area contributed by atoms with Gasteiger partial charge in [0.25, 0.3) is 5.91 Å². The van der Waals surface area contributed by atoms with Gasteiger partial charge in [0.2, 0.25) is 5.95 Å². The number of aryl methyl sites for hydroxylation is 3. The Morgan fingerprint density at radius 3 is 2.62 bits per heavy atom. The van der Waals surface area contributed by atoms with Crippen LogP contribution in [-0.4, -0.2) is 28.5 Å². The zero-order chi connectivity index (χ0) is 18.7. The fourth-order valence-corrected chi connectivity index (χ4v) is 3.68. The minimum Gasteiger partial charge on any atom is -0.338 e. The van der Waals surface area contributed by atoms with E-state index in [-0.39, 0.29) is 5.91 Å². The molecule has 0 radical (unpaired) electrons. The lowest BCUT2D eigenvalue weighted by Crippen LogP contribution is -2.40. The van der Waals surface area contributed by atoms with Crippen LogP contribution < -0.4 is 10.2 Å². The summed E-state index contributed by atoms with van der Waals surface area (Å²) in [5.41, 5.74) is 4.20. The highest BCUT2D eigenvalue weighted by Crippen LogP contribution is 2.25. The molecule has 1 unspecified atom stereocenters. The maximum Gasteiger partial charge on any atom is 0.274 e. The van der Waals surface area contributed by atoms with Crippen LogP contribution in [0.4, 0.5) is 11.6 Å². The van der Waals surface area contributed by atoms with Crippen LogP contribution in [0.15, 0.2) is 24.3 Å². The fraction of sp³-hybridized carbons (Fsp3) is 0.476. The van der Waals surface area contributed by atoms with E-state index in [0.29, 0.717) is 17.7 Å². The monoisotopic (exact) mass is 352 g/mol. The van der Waals surface area contributed by atoms with Crippen molar-refractivity contribution >= 4 is 17.5 Å². The van der Waals surface area contributed by atoms with Gasteiger partial charge in [-0.1, -0.05) is 25.1 Å². The number of benzene rings is 1. The van der Waals surface area contributed by atoms with Gasteiger partial charge >= 0.3 is 0 Å². The second-order valence-electron chi connectivity index (χ2n) is 7.17. The van der Waals surface area contributed by atoms with Gasteiger partial charge in [0.05, 0.1) is 0 Å². The average Bonchev–Trinajstić information content (AvgIpc) is 2.64. The van der Waals surface area contributed by atoms with E-state index in [1.54, 1.807) is 6.07 Å². The van der Waals surface area contributed by atoms with E-state index in [2.05, 4.69) is 27.1 Å². The Labute approximate surface area is 155 Å². The first kappa shape index (κ1) is 18.4. The van der Waals surface area contributed by atoms with E-state index >= 15 is 0 Å². The van der Waals surface area contributed by atoms with E-state index in [1.807, 2.05) is 39.0 Å². The third-order valence-electron chi connectivity index (χ3n) is 5.15. The number of carbonyl (C=O) groups is 1. The molecule has 3 rings (SSSR count). The minimum atomic E-state index is -0.181. The third-order valence-corrected chi connectivity index (χ3v) is 5.15. The lowest BCUT2D eigenvalue weighted by molar-refractivity contribution is 0.102. The fourth-order valence-electron chi connectivity index (χ4n) is 3.68. The molecule has 1 saturated heterocycles. The van der Waals surface area contributed by atoms with Crippen LogP contribution in [0.25, 0.3) is 0 Å². The molecule has 5 heteroatoms. The van der Waals surface area contributed by atoms with E-state index in [4.69, 9.17) is 0 Å². The molecule has 2 heterocycles. The van der Waals surface area contributed by atoms with Crippen molar-refractivity contribution in [3.63, 3.8) is 0 Å². The molecule has 5 nitrogen and oxygen atoms in total. The molecule has 0 saturated carbocycles. The Bertz CT molecular complexity index is 782. The summed E-state index contributed by atoms with van der Waals surface area (Å²) in [4.78, 5) is 24.3. The van der Waals surface area contributed by atoms with Crippen LogP contribution in [-0.2, 0) is 0 Å². The lowest BCUT2D eigenvalue weighted by atomic mass is 10.0. The summed E-state index contributed by atoms with van der Waals surface area (Å²) in [6.07, 6.45) is 4.64. The van der Waals surface area contributed by atoms with Crippen LogP contribution in [0.5, 0.6) is 0 Å². The Hall–Kier alpha value is -2.43. The second kappa shape index (κ2) is 7.85. The molecular weight excluding hydrogens is 324 g/mol. The number of aromatic nitrogens is 2. The molecule has 26 heavy (non-hydrogen) atoms. The van der Waals surface area contributed by atoms with E-state index in [9.17, 15) is 4.79 Å². The quantitative estimate of drug-likeness (QED) is 0.885. The van der Waals surface area contributed by atoms with Crippen molar-refractivity contribution in [2.75, 3.05) is 16.8 Å². The largest absolute Gasteiger partial charge is 0.338 e. The predicted molar refractivity (Wildman–Crippen MR) is 106 cm³/mol. The molecule has 1 fully saturated rings. The van der Waals surface area contributed by atoms with E-state index in [1.165, 1.54) is 6.42 Å². The number of rotatable bonds is 4. The van der Waals surface area contributed by atoms with Gasteiger partial charge in [0.15, 0.2) is 0 Å². The molecular formula is C21H28N4O. The number of amides is 1. The van der Waals surface area contributed by atoms with Crippen molar-refractivity contribution < 1.29 is 4.79 Å². The Morgan fingerprint density at radius 1 is 1.19 bits per heavy atom. The molecule has 1 aliphatic rings. The third kappa shape index (κ3) is 3.87. The Kier molecular flexibility index (Phi) is 5.55. The van der Waals surface area contributed by atoms with Crippen molar-refractivity contribution in [1.29, 1.82) is 0 Å². The molecule has 1 aromatic carbocycles. The molecule has 1 atom stereocenters. The summed E-state index contributed by atoms with van der Waals surface area (Å²) in [6, 6.07) is 8.21. The number of nitrogens with zero attached hydrogens (tertiary/aromatic N) is 3. The van der Waals surface area contributed by atoms with Gasteiger partial charge in [-0.05, 0) is 63.6 Å². The number of anilines is 2. The number of piperidine rings is 1. The highest BCUT2D eigenvalue weighted by atomic mass is 16.1.